The van der Waals surface area contributed by atoms with E-state index in [0.717, 1.165) is 13.1 Å². The summed E-state index contributed by atoms with van der Waals surface area (Å²) >= 11 is 0. The number of amides is 1. The standard InChI is InChI=1S/C18H26FN3O2/c1-14-3-2-4-16(9-14)20-5-7-21(8-6-20)18(24)12-22-11-15(19)10-17(22)13-23/h2-4,9,15,17,23H,5-8,10-13H2,1H3/t15-,17-/m0/s1. The minimum absolute atomic E-state index is 0.0337. The maximum Gasteiger partial charge on any atom is 0.236 e. The Hall–Kier alpha value is -1.66. The Morgan fingerprint density at radius 3 is 2.71 bits per heavy atom. The van der Waals surface area contributed by atoms with E-state index in [1.807, 2.05) is 4.90 Å². The number of aliphatic hydroxyl groups excluding tert-OH is 1. The summed E-state index contributed by atoms with van der Waals surface area (Å²) in [5.41, 5.74) is 2.43. The van der Waals surface area contributed by atoms with E-state index in [9.17, 15) is 14.3 Å². The van der Waals surface area contributed by atoms with Crippen molar-refractivity contribution in [2.45, 2.75) is 25.6 Å². The molecule has 0 bridgehead atoms. The number of alkyl halides is 1. The third-order valence-electron chi connectivity index (χ3n) is 5.03. The second kappa shape index (κ2) is 7.49. The van der Waals surface area contributed by atoms with Crippen molar-refractivity contribution in [2.24, 2.45) is 0 Å². The molecular formula is C18H26FN3O2. The van der Waals surface area contributed by atoms with Gasteiger partial charge in [-0.2, -0.15) is 0 Å². The molecule has 2 aliphatic heterocycles. The third-order valence-corrected chi connectivity index (χ3v) is 5.03. The number of halogens is 1. The largest absolute Gasteiger partial charge is 0.395 e. The number of hydrogen-bond donors (Lipinski definition) is 1. The summed E-state index contributed by atoms with van der Waals surface area (Å²) in [6, 6.07) is 8.17. The Balaban J connectivity index is 1.52. The fourth-order valence-corrected chi connectivity index (χ4v) is 3.62. The van der Waals surface area contributed by atoms with Gasteiger partial charge in [0.1, 0.15) is 6.17 Å². The highest BCUT2D eigenvalue weighted by atomic mass is 19.1. The normalized spacial score (nSPS) is 25.3. The number of hydrogen-bond acceptors (Lipinski definition) is 4. The van der Waals surface area contributed by atoms with Crippen LogP contribution in [0, 0.1) is 6.92 Å². The molecule has 0 radical (unpaired) electrons. The van der Waals surface area contributed by atoms with Crippen LogP contribution in [0.2, 0.25) is 0 Å². The molecule has 1 N–H and O–H groups in total. The van der Waals surface area contributed by atoms with Gasteiger partial charge in [0.15, 0.2) is 0 Å². The first-order chi connectivity index (χ1) is 11.6. The van der Waals surface area contributed by atoms with Crippen LogP contribution in [0.4, 0.5) is 10.1 Å². The highest BCUT2D eigenvalue weighted by Gasteiger charge is 2.34. The second-order valence-electron chi connectivity index (χ2n) is 6.81. The molecule has 0 saturated carbocycles. The van der Waals surface area contributed by atoms with Gasteiger partial charge < -0.3 is 14.9 Å². The number of carbonyl (C=O) groups is 1. The Bertz CT molecular complexity index is 575. The van der Waals surface area contributed by atoms with E-state index in [0.29, 0.717) is 19.5 Å². The predicted molar refractivity (Wildman–Crippen MR) is 91.9 cm³/mol. The number of piperazine rings is 1. The van der Waals surface area contributed by atoms with Crippen molar-refractivity contribution in [1.29, 1.82) is 0 Å². The van der Waals surface area contributed by atoms with E-state index in [-0.39, 0.29) is 31.6 Å². The Labute approximate surface area is 142 Å². The van der Waals surface area contributed by atoms with Crippen molar-refractivity contribution in [3.63, 3.8) is 0 Å². The van der Waals surface area contributed by atoms with Crippen LogP contribution < -0.4 is 4.90 Å². The van der Waals surface area contributed by atoms with E-state index < -0.39 is 6.17 Å². The number of aryl methyl sites for hydroxylation is 1. The lowest BCUT2D eigenvalue weighted by Gasteiger charge is -2.37. The molecule has 1 aromatic carbocycles. The molecule has 2 saturated heterocycles. The Morgan fingerprint density at radius 1 is 1.29 bits per heavy atom. The van der Waals surface area contributed by atoms with Crippen LogP contribution in [0.1, 0.15) is 12.0 Å². The zero-order valence-electron chi connectivity index (χ0n) is 14.2. The third kappa shape index (κ3) is 3.87. The smallest absolute Gasteiger partial charge is 0.236 e. The van der Waals surface area contributed by atoms with Gasteiger partial charge in [-0.25, -0.2) is 4.39 Å². The number of nitrogens with zero attached hydrogens (tertiary/aromatic N) is 3. The average molecular weight is 335 g/mol. The SMILES string of the molecule is Cc1cccc(N2CCN(C(=O)CN3C[C@@H](F)C[C@H]3CO)CC2)c1. The van der Waals surface area contributed by atoms with Gasteiger partial charge in [0.25, 0.3) is 0 Å². The number of benzene rings is 1. The van der Waals surface area contributed by atoms with Crippen LogP contribution in [0.15, 0.2) is 24.3 Å². The number of anilines is 1. The minimum Gasteiger partial charge on any atom is -0.395 e. The molecule has 0 aliphatic carbocycles. The van der Waals surface area contributed by atoms with Gasteiger partial charge in [0.2, 0.25) is 5.91 Å². The van der Waals surface area contributed by atoms with Gasteiger partial charge in [-0.15, -0.1) is 0 Å². The van der Waals surface area contributed by atoms with Crippen LogP contribution >= 0.6 is 0 Å². The number of rotatable bonds is 4. The quantitative estimate of drug-likeness (QED) is 0.893. The summed E-state index contributed by atoms with van der Waals surface area (Å²) in [6.07, 6.45) is -0.613. The minimum atomic E-state index is -0.937. The molecule has 2 atom stereocenters. The lowest BCUT2D eigenvalue weighted by molar-refractivity contribution is -0.133. The van der Waals surface area contributed by atoms with Gasteiger partial charge in [-0.1, -0.05) is 12.1 Å². The van der Waals surface area contributed by atoms with Crippen molar-refractivity contribution in [1.82, 2.24) is 9.80 Å². The molecule has 0 spiro atoms. The topological polar surface area (TPSA) is 47.0 Å². The molecular weight excluding hydrogens is 309 g/mol. The van der Waals surface area contributed by atoms with Crippen LogP contribution in [0.25, 0.3) is 0 Å². The highest BCUT2D eigenvalue weighted by molar-refractivity contribution is 5.78. The maximum absolute atomic E-state index is 13.5. The molecule has 2 heterocycles. The molecule has 5 nitrogen and oxygen atoms in total. The predicted octanol–water partition coefficient (Wildman–Crippen LogP) is 1.05. The summed E-state index contributed by atoms with van der Waals surface area (Å²) in [5.74, 6) is 0.0337. The molecule has 6 heteroatoms. The highest BCUT2D eigenvalue weighted by Crippen LogP contribution is 2.21. The van der Waals surface area contributed by atoms with Crippen molar-refractivity contribution < 1.29 is 14.3 Å². The first-order valence-corrected chi connectivity index (χ1v) is 8.65. The average Bonchev–Trinajstić information content (AvgIpc) is 2.94. The Morgan fingerprint density at radius 2 is 2.04 bits per heavy atom. The van der Waals surface area contributed by atoms with Gasteiger partial charge in [0, 0.05) is 44.5 Å². The second-order valence-corrected chi connectivity index (χ2v) is 6.81. The van der Waals surface area contributed by atoms with Crippen molar-refractivity contribution in [2.75, 3.05) is 50.8 Å². The van der Waals surface area contributed by atoms with E-state index >= 15 is 0 Å². The monoisotopic (exact) mass is 335 g/mol. The van der Waals surface area contributed by atoms with E-state index in [1.165, 1.54) is 11.3 Å². The van der Waals surface area contributed by atoms with Gasteiger partial charge in [-0.05, 0) is 31.0 Å². The lowest BCUT2D eigenvalue weighted by Crippen LogP contribution is -2.52. The van der Waals surface area contributed by atoms with Gasteiger partial charge in [-0.3, -0.25) is 9.69 Å². The van der Waals surface area contributed by atoms with Crippen molar-refractivity contribution in [3.05, 3.63) is 29.8 Å². The van der Waals surface area contributed by atoms with Gasteiger partial charge >= 0.3 is 0 Å². The maximum atomic E-state index is 13.5. The molecule has 1 aromatic rings. The van der Waals surface area contributed by atoms with E-state index in [4.69, 9.17) is 0 Å². The molecule has 2 fully saturated rings. The summed E-state index contributed by atoms with van der Waals surface area (Å²) in [7, 11) is 0. The Kier molecular flexibility index (Phi) is 5.36. The fraction of sp³-hybridized carbons (Fsp3) is 0.611. The molecule has 0 unspecified atom stereocenters. The van der Waals surface area contributed by atoms with E-state index in [1.54, 1.807) is 4.90 Å². The summed E-state index contributed by atoms with van der Waals surface area (Å²) in [5, 5.41) is 9.32. The lowest BCUT2D eigenvalue weighted by atomic mass is 10.2. The molecule has 2 aliphatic rings. The van der Waals surface area contributed by atoms with Crippen LogP contribution in [-0.2, 0) is 4.79 Å². The van der Waals surface area contributed by atoms with Gasteiger partial charge in [0.05, 0.1) is 13.2 Å². The van der Waals surface area contributed by atoms with E-state index in [2.05, 4.69) is 36.1 Å². The summed E-state index contributed by atoms with van der Waals surface area (Å²) in [4.78, 5) is 18.4. The first kappa shape index (κ1) is 17.2. The molecule has 24 heavy (non-hydrogen) atoms. The first-order valence-electron chi connectivity index (χ1n) is 8.65. The summed E-state index contributed by atoms with van der Waals surface area (Å²) < 4.78 is 13.5. The summed E-state index contributed by atoms with van der Waals surface area (Å²) in [6.45, 7) is 5.43. The van der Waals surface area contributed by atoms with Crippen molar-refractivity contribution in [3.8, 4) is 0 Å². The molecule has 0 aromatic heterocycles. The van der Waals surface area contributed by atoms with Crippen LogP contribution in [0.5, 0.6) is 0 Å². The molecule has 132 valence electrons. The van der Waals surface area contributed by atoms with Crippen LogP contribution in [0.3, 0.4) is 0 Å². The van der Waals surface area contributed by atoms with Crippen molar-refractivity contribution >= 4 is 11.6 Å². The number of aliphatic hydroxyl groups is 1. The zero-order valence-corrected chi connectivity index (χ0v) is 14.2. The fourth-order valence-electron chi connectivity index (χ4n) is 3.62. The van der Waals surface area contributed by atoms with Crippen LogP contribution in [-0.4, -0.2) is 78.9 Å². The zero-order chi connectivity index (χ0) is 17.1. The number of likely N-dealkylation sites (tertiary alicyclic amines) is 1. The molecule has 3 rings (SSSR count). The molecule has 1 amide bonds. The number of carbonyl (C=O) groups excluding carboxylic acids is 1.